The summed E-state index contributed by atoms with van der Waals surface area (Å²) in [6, 6.07) is 0.853. The molecule has 1 fully saturated rings. The maximum absolute atomic E-state index is 13.0. The second kappa shape index (κ2) is 9.98. The third kappa shape index (κ3) is 4.60. The number of hydrogen-bond acceptors (Lipinski definition) is 13. The molecule has 3 aromatic rings. The van der Waals surface area contributed by atoms with Gasteiger partial charge < -0.3 is 21.0 Å². The third-order valence-corrected chi connectivity index (χ3v) is 8.47. The van der Waals surface area contributed by atoms with Gasteiger partial charge in [0.1, 0.15) is 36.2 Å². The van der Waals surface area contributed by atoms with Gasteiger partial charge in [0, 0.05) is 28.6 Å². The van der Waals surface area contributed by atoms with E-state index >= 15 is 0 Å². The van der Waals surface area contributed by atoms with E-state index in [1.807, 2.05) is 6.92 Å². The summed E-state index contributed by atoms with van der Waals surface area (Å²) in [5.74, 6) is -1.81. The van der Waals surface area contributed by atoms with E-state index in [0.29, 0.717) is 22.1 Å². The Kier molecular flexibility index (Phi) is 6.74. The van der Waals surface area contributed by atoms with E-state index < -0.39 is 29.2 Å². The number of thiazole rings is 1. The summed E-state index contributed by atoms with van der Waals surface area (Å²) in [5.41, 5.74) is 7.57. The quantitative estimate of drug-likeness (QED) is 0.113. The smallest absolute Gasteiger partial charge is 0.352 e. The van der Waals surface area contributed by atoms with Crippen LogP contribution in [0.25, 0.3) is 5.65 Å². The normalized spacial score (nSPS) is 19.6. The first-order valence-electron chi connectivity index (χ1n) is 10.6. The van der Waals surface area contributed by atoms with Crippen LogP contribution >= 0.6 is 34.9 Å². The van der Waals surface area contributed by atoms with Gasteiger partial charge in [-0.15, -0.1) is 23.1 Å². The molecule has 5 rings (SSSR count). The second-order valence-electron chi connectivity index (χ2n) is 7.81. The summed E-state index contributed by atoms with van der Waals surface area (Å²) < 4.78 is 1.58. The Labute approximate surface area is 221 Å². The van der Waals surface area contributed by atoms with Crippen LogP contribution in [0.2, 0.25) is 0 Å². The number of nitrogens with two attached hydrogens (primary N) is 1. The predicted molar refractivity (Wildman–Crippen MR) is 136 cm³/mol. The van der Waals surface area contributed by atoms with E-state index in [1.165, 1.54) is 41.9 Å². The van der Waals surface area contributed by atoms with Crippen LogP contribution in [0.15, 0.2) is 39.4 Å². The molecule has 0 saturated carbocycles. The van der Waals surface area contributed by atoms with Crippen molar-refractivity contribution in [1.29, 1.82) is 0 Å². The molecule has 3 aromatic heterocycles. The van der Waals surface area contributed by atoms with Crippen molar-refractivity contribution in [2.45, 2.75) is 23.5 Å². The topological polar surface area (TPSA) is 190 Å². The fraction of sp³-hybridized carbons (Fsp3) is 0.300. The summed E-state index contributed by atoms with van der Waals surface area (Å²) in [4.78, 5) is 56.8. The van der Waals surface area contributed by atoms with E-state index in [-0.39, 0.29) is 28.0 Å². The number of carboxylic acid groups (broad SMARTS) is 1. The second-order valence-corrected chi connectivity index (χ2v) is 10.7. The Morgan fingerprint density at radius 1 is 1.41 bits per heavy atom. The summed E-state index contributed by atoms with van der Waals surface area (Å²) >= 11 is 3.79. The molecule has 14 nitrogen and oxygen atoms in total. The number of β-lactam (4-membered cyclic amide) rings is 1. The molecule has 2 atom stereocenters. The first-order valence-corrected chi connectivity index (χ1v) is 13.5. The van der Waals surface area contributed by atoms with Crippen molar-refractivity contribution >= 4 is 69.1 Å². The third-order valence-electron chi connectivity index (χ3n) is 5.44. The molecular weight excluding hydrogens is 542 g/mol. The van der Waals surface area contributed by atoms with E-state index in [9.17, 15) is 19.5 Å². The van der Waals surface area contributed by atoms with Crippen molar-refractivity contribution in [1.82, 2.24) is 34.8 Å². The number of oxime groups is 1. The van der Waals surface area contributed by atoms with E-state index in [2.05, 4.69) is 30.5 Å². The number of nitrogens with zero attached hydrogens (tertiary/aromatic N) is 7. The van der Waals surface area contributed by atoms with Crippen LogP contribution in [0, 0.1) is 6.92 Å². The van der Waals surface area contributed by atoms with E-state index in [4.69, 9.17) is 10.6 Å². The van der Waals surface area contributed by atoms with Gasteiger partial charge >= 0.3 is 5.97 Å². The van der Waals surface area contributed by atoms with Crippen LogP contribution in [-0.4, -0.2) is 88.1 Å². The molecule has 1 saturated heterocycles. The Bertz CT molecular complexity index is 1480. The van der Waals surface area contributed by atoms with Crippen LogP contribution < -0.4 is 11.1 Å². The highest BCUT2D eigenvalue weighted by molar-refractivity contribution is 8.01. The largest absolute Gasteiger partial charge is 0.477 e. The van der Waals surface area contributed by atoms with Crippen LogP contribution in [0.3, 0.4) is 0 Å². The molecule has 0 aliphatic carbocycles. The van der Waals surface area contributed by atoms with Gasteiger partial charge in [0.2, 0.25) is 0 Å². The van der Waals surface area contributed by atoms with Crippen molar-refractivity contribution in [2.75, 3.05) is 24.3 Å². The summed E-state index contributed by atoms with van der Waals surface area (Å²) in [6.45, 7) is 1.83. The zero-order valence-corrected chi connectivity index (χ0v) is 21.8. The number of hydrogen-bond donors (Lipinski definition) is 3. The monoisotopic (exact) mass is 561 g/mol. The van der Waals surface area contributed by atoms with Crippen molar-refractivity contribution in [3.8, 4) is 0 Å². The highest BCUT2D eigenvalue weighted by atomic mass is 32.2. The molecular formula is C20H19N9O5S3. The Balaban J connectivity index is 1.33. The van der Waals surface area contributed by atoms with Gasteiger partial charge in [0.25, 0.3) is 11.8 Å². The Morgan fingerprint density at radius 3 is 2.92 bits per heavy atom. The molecule has 0 bridgehead atoms. The average Bonchev–Trinajstić information content (AvgIpc) is 3.52. The van der Waals surface area contributed by atoms with Gasteiger partial charge in [-0.2, -0.15) is 9.61 Å². The predicted octanol–water partition coefficient (Wildman–Crippen LogP) is 0.353. The molecule has 2 aliphatic heterocycles. The lowest BCUT2D eigenvalue weighted by Crippen LogP contribution is -2.71. The lowest BCUT2D eigenvalue weighted by molar-refractivity contribution is -0.150. The number of carbonyl (C=O) groups excluding carboxylic acids is 2. The van der Waals surface area contributed by atoms with Crippen LogP contribution in [-0.2, 0) is 19.2 Å². The van der Waals surface area contributed by atoms with Gasteiger partial charge in [0.05, 0.1) is 0 Å². The van der Waals surface area contributed by atoms with Crippen molar-refractivity contribution < 1.29 is 24.3 Å². The Hall–Kier alpha value is -3.70. The molecule has 0 aromatic carbocycles. The first-order chi connectivity index (χ1) is 17.8. The number of anilines is 1. The summed E-state index contributed by atoms with van der Waals surface area (Å²) in [6.07, 6.45) is 1.42. The standard InChI is InChI=1S/C20H19N9O5S3/c1-8-3-11-22-7-23-29(11)20(24-8)37-5-9-4-35-17-13(16(31)28(17)14(9)18(32)33)26-15(30)12(27-34-2)10-6-36-19(21)25-10/h3,6-7,13,17H,4-5H2,1-2H3,(H2,21,25)(H,26,30)(H,32,33)/b27-12-/t13-,17-/m1/s1. The number of carbonyl (C=O) groups is 3. The van der Waals surface area contributed by atoms with Crippen molar-refractivity contribution in [3.05, 3.63) is 40.4 Å². The van der Waals surface area contributed by atoms with Gasteiger partial charge in [0.15, 0.2) is 21.6 Å². The van der Waals surface area contributed by atoms with Gasteiger partial charge in [-0.3, -0.25) is 14.5 Å². The minimum absolute atomic E-state index is 0.0905. The molecule has 0 unspecified atom stereocenters. The van der Waals surface area contributed by atoms with E-state index in [1.54, 1.807) is 16.0 Å². The SMILES string of the molecule is CO/N=C(\C(=O)N[C@@H]1C(=O)N2C(C(=O)O)=C(CSc3nc(C)cc4ncnn34)CS[C@H]12)c1csc(N)n1. The van der Waals surface area contributed by atoms with Gasteiger partial charge in [-0.25, -0.2) is 19.7 Å². The number of rotatable bonds is 8. The fourth-order valence-electron chi connectivity index (χ4n) is 3.85. The molecule has 192 valence electrons. The van der Waals surface area contributed by atoms with Crippen molar-refractivity contribution in [3.63, 3.8) is 0 Å². The van der Waals surface area contributed by atoms with Gasteiger partial charge in [-0.05, 0) is 12.5 Å². The van der Waals surface area contributed by atoms with E-state index in [0.717, 1.165) is 17.0 Å². The number of nitrogens with one attached hydrogen (secondary N) is 1. The molecule has 2 aliphatic rings. The molecule has 17 heteroatoms. The maximum atomic E-state index is 13.0. The number of thioether (sulfide) groups is 2. The highest BCUT2D eigenvalue weighted by Crippen LogP contribution is 2.41. The summed E-state index contributed by atoms with van der Waals surface area (Å²) in [7, 11) is 1.28. The molecule has 2 amide bonds. The minimum atomic E-state index is -1.22. The number of carboxylic acids is 1. The number of amides is 2. The zero-order valence-electron chi connectivity index (χ0n) is 19.3. The van der Waals surface area contributed by atoms with Crippen molar-refractivity contribution in [2.24, 2.45) is 5.16 Å². The number of aromatic nitrogens is 5. The molecule has 0 spiro atoms. The molecule has 37 heavy (non-hydrogen) atoms. The molecule has 4 N–H and O–H groups in total. The van der Waals surface area contributed by atoms with Crippen LogP contribution in [0.4, 0.5) is 5.13 Å². The van der Waals surface area contributed by atoms with Crippen LogP contribution in [0.1, 0.15) is 11.4 Å². The highest BCUT2D eigenvalue weighted by Gasteiger charge is 2.54. The minimum Gasteiger partial charge on any atom is -0.477 e. The Morgan fingerprint density at radius 2 is 2.22 bits per heavy atom. The molecule has 5 heterocycles. The lowest BCUT2D eigenvalue weighted by Gasteiger charge is -2.49. The lowest BCUT2D eigenvalue weighted by atomic mass is 10.0. The number of fused-ring (bicyclic) bond motifs is 2. The zero-order chi connectivity index (χ0) is 26.3. The van der Waals surface area contributed by atoms with Gasteiger partial charge in [-0.1, -0.05) is 16.9 Å². The number of aryl methyl sites for hydroxylation is 1. The molecule has 0 radical (unpaired) electrons. The average molecular weight is 562 g/mol. The fourth-order valence-corrected chi connectivity index (χ4v) is 6.89. The van der Waals surface area contributed by atoms with Crippen LogP contribution in [0.5, 0.6) is 0 Å². The summed E-state index contributed by atoms with van der Waals surface area (Å²) in [5, 5.41) is 22.2. The number of nitrogen functional groups attached to an aromatic ring is 1. The number of aliphatic carboxylic acids is 1. The maximum Gasteiger partial charge on any atom is 0.352 e. The first kappa shape index (κ1) is 25.0.